The molecule has 0 spiro atoms. The SMILES string of the molecule is CCCC[C@@H]1CN(c2ccccc2)c2cc(SCC)c(O/C=C/C(=O)O)cc2S(O)(O)N1C. The van der Waals surface area contributed by atoms with E-state index >= 15 is 0 Å². The Morgan fingerprint density at radius 2 is 1.97 bits per heavy atom. The average molecular weight is 493 g/mol. The van der Waals surface area contributed by atoms with Crippen LogP contribution in [0, 0.1) is 0 Å². The van der Waals surface area contributed by atoms with Gasteiger partial charge in [-0.15, -0.1) is 22.5 Å². The van der Waals surface area contributed by atoms with Crippen LogP contribution in [0.1, 0.15) is 33.1 Å². The maximum Gasteiger partial charge on any atom is 0.331 e. The molecule has 9 heteroatoms. The average Bonchev–Trinajstić information content (AvgIpc) is 2.87. The number of ether oxygens (including phenoxy) is 1. The zero-order valence-corrected chi connectivity index (χ0v) is 20.8. The van der Waals surface area contributed by atoms with E-state index in [1.54, 1.807) is 29.2 Å². The van der Waals surface area contributed by atoms with Crippen molar-refractivity contribution >= 4 is 39.9 Å². The van der Waals surface area contributed by atoms with Crippen LogP contribution in [0.4, 0.5) is 11.4 Å². The van der Waals surface area contributed by atoms with E-state index in [-0.39, 0.29) is 6.04 Å². The second-order valence-corrected chi connectivity index (χ2v) is 11.1. The van der Waals surface area contributed by atoms with Crippen molar-refractivity contribution in [2.24, 2.45) is 0 Å². The molecular weight excluding hydrogens is 460 g/mol. The maximum absolute atomic E-state index is 11.4. The van der Waals surface area contributed by atoms with E-state index in [4.69, 9.17) is 9.84 Å². The summed E-state index contributed by atoms with van der Waals surface area (Å²) in [5.41, 5.74) is 1.69. The summed E-state index contributed by atoms with van der Waals surface area (Å²) in [5.74, 6) is 0.0530. The van der Waals surface area contributed by atoms with E-state index in [1.165, 1.54) is 0 Å². The molecule has 3 N–H and O–H groups in total. The molecular formula is C24H32N2O5S2. The molecule has 1 aliphatic heterocycles. The van der Waals surface area contributed by atoms with Gasteiger partial charge < -0.3 is 14.7 Å². The minimum atomic E-state index is -3.31. The quantitative estimate of drug-likeness (QED) is 0.209. The fourth-order valence-corrected chi connectivity index (χ4v) is 6.21. The van der Waals surface area contributed by atoms with Crippen molar-refractivity contribution in [1.29, 1.82) is 0 Å². The Hall–Kier alpha value is -2.17. The molecule has 0 saturated heterocycles. The highest BCUT2D eigenvalue weighted by molar-refractivity contribution is 8.22. The number of benzene rings is 2. The monoisotopic (exact) mass is 492 g/mol. The van der Waals surface area contributed by atoms with Crippen LogP contribution >= 0.6 is 22.5 Å². The van der Waals surface area contributed by atoms with E-state index in [2.05, 4.69) is 11.8 Å². The molecule has 1 heterocycles. The van der Waals surface area contributed by atoms with Crippen LogP contribution in [0.25, 0.3) is 0 Å². The number of anilines is 2. The Labute approximate surface area is 201 Å². The summed E-state index contributed by atoms with van der Waals surface area (Å²) in [6.45, 7) is 4.75. The highest BCUT2D eigenvalue weighted by Crippen LogP contribution is 2.60. The predicted molar refractivity (Wildman–Crippen MR) is 136 cm³/mol. The molecule has 0 amide bonds. The first-order chi connectivity index (χ1) is 15.8. The first-order valence-electron chi connectivity index (χ1n) is 11.0. The Balaban J connectivity index is 2.19. The largest absolute Gasteiger partial charge is 0.478 e. The summed E-state index contributed by atoms with van der Waals surface area (Å²) in [4.78, 5) is 14.2. The first kappa shape index (κ1) is 25.5. The van der Waals surface area contributed by atoms with Crippen LogP contribution in [0.2, 0.25) is 0 Å². The number of carboxylic acid groups (broad SMARTS) is 1. The van der Waals surface area contributed by atoms with Gasteiger partial charge in [0.05, 0.1) is 22.9 Å². The Kier molecular flexibility index (Phi) is 8.72. The summed E-state index contributed by atoms with van der Waals surface area (Å²) in [6, 6.07) is 13.4. The van der Waals surface area contributed by atoms with Gasteiger partial charge >= 0.3 is 5.97 Å². The van der Waals surface area contributed by atoms with Crippen molar-refractivity contribution in [3.63, 3.8) is 0 Å². The third-order valence-corrected chi connectivity index (χ3v) is 8.52. The zero-order valence-electron chi connectivity index (χ0n) is 19.2. The number of rotatable bonds is 9. The lowest BCUT2D eigenvalue weighted by atomic mass is 10.1. The van der Waals surface area contributed by atoms with Crippen LogP contribution < -0.4 is 9.64 Å². The van der Waals surface area contributed by atoms with Gasteiger partial charge in [-0.2, -0.15) is 0 Å². The first-order valence-corrected chi connectivity index (χ1v) is 13.5. The molecule has 33 heavy (non-hydrogen) atoms. The predicted octanol–water partition coefficient (Wildman–Crippen LogP) is 6.44. The molecule has 0 bridgehead atoms. The molecule has 2 aromatic carbocycles. The molecule has 1 aliphatic rings. The van der Waals surface area contributed by atoms with E-state index in [9.17, 15) is 13.9 Å². The number of thioether (sulfide) groups is 1. The van der Waals surface area contributed by atoms with Crippen molar-refractivity contribution in [1.82, 2.24) is 4.31 Å². The van der Waals surface area contributed by atoms with Gasteiger partial charge in [-0.3, -0.25) is 9.11 Å². The summed E-state index contributed by atoms with van der Waals surface area (Å²) < 4.78 is 30.2. The van der Waals surface area contributed by atoms with Gasteiger partial charge in [0, 0.05) is 31.4 Å². The fourth-order valence-electron chi connectivity index (χ4n) is 3.84. The van der Waals surface area contributed by atoms with Gasteiger partial charge in [0.15, 0.2) is 0 Å². The molecule has 0 aromatic heterocycles. The van der Waals surface area contributed by atoms with Crippen molar-refractivity contribution < 1.29 is 23.7 Å². The standard InChI is InChI=1S/C24H32N2O5S2/c1-4-6-10-19-17-26(18-11-8-7-9-12-18)20-15-22(32-5-2)21(31-14-13-24(27)28)16-23(20)33(29,30)25(19)3/h7-9,11-16,19,29-30H,4-6,10,17H2,1-3H3,(H,27,28)/b14-13+/t19-/m1/s1. The van der Waals surface area contributed by atoms with Gasteiger partial charge in [0.1, 0.15) is 10.6 Å². The summed E-state index contributed by atoms with van der Waals surface area (Å²) in [7, 11) is -1.55. The Morgan fingerprint density at radius 3 is 2.61 bits per heavy atom. The number of carboxylic acids is 1. The van der Waals surface area contributed by atoms with E-state index < -0.39 is 16.7 Å². The third kappa shape index (κ3) is 5.85. The van der Waals surface area contributed by atoms with Crippen LogP contribution in [0.3, 0.4) is 0 Å². The van der Waals surface area contributed by atoms with E-state index in [0.717, 1.165) is 53.6 Å². The Morgan fingerprint density at radius 1 is 1.24 bits per heavy atom. The van der Waals surface area contributed by atoms with E-state index in [0.29, 0.717) is 17.2 Å². The zero-order chi connectivity index (χ0) is 24.0. The number of carbonyl (C=O) groups is 1. The van der Waals surface area contributed by atoms with Crippen LogP contribution in [-0.4, -0.2) is 49.9 Å². The van der Waals surface area contributed by atoms with Crippen molar-refractivity contribution in [3.05, 3.63) is 54.8 Å². The summed E-state index contributed by atoms with van der Waals surface area (Å²) >= 11 is 1.55. The summed E-state index contributed by atoms with van der Waals surface area (Å²) in [6.07, 6.45) is 4.85. The molecule has 0 saturated carbocycles. The van der Waals surface area contributed by atoms with Gasteiger partial charge in [-0.05, 0) is 30.4 Å². The second-order valence-electron chi connectivity index (χ2n) is 7.77. The van der Waals surface area contributed by atoms with Crippen LogP contribution in [0.5, 0.6) is 5.75 Å². The third-order valence-electron chi connectivity index (χ3n) is 5.58. The van der Waals surface area contributed by atoms with Crippen LogP contribution in [0.15, 0.2) is 64.6 Å². The maximum atomic E-state index is 11.4. The molecule has 180 valence electrons. The smallest absolute Gasteiger partial charge is 0.331 e. The summed E-state index contributed by atoms with van der Waals surface area (Å²) in [5, 5.41) is 8.91. The lowest BCUT2D eigenvalue weighted by molar-refractivity contribution is -0.131. The van der Waals surface area contributed by atoms with Gasteiger partial charge in [-0.25, -0.2) is 9.10 Å². The molecule has 3 rings (SSSR count). The van der Waals surface area contributed by atoms with Gasteiger partial charge in [0.25, 0.3) is 0 Å². The second kappa shape index (κ2) is 11.3. The molecule has 0 aliphatic carbocycles. The normalized spacial score (nSPS) is 19.2. The van der Waals surface area contributed by atoms with E-state index in [1.807, 2.05) is 43.3 Å². The topological polar surface area (TPSA) is 93.5 Å². The van der Waals surface area contributed by atoms with Gasteiger partial charge in [-0.1, -0.05) is 44.9 Å². The number of likely N-dealkylation sites (N-methyl/N-ethyl adjacent to an activating group) is 1. The number of hydrogen-bond donors (Lipinski definition) is 3. The van der Waals surface area contributed by atoms with Crippen molar-refractivity contribution in [3.8, 4) is 5.75 Å². The van der Waals surface area contributed by atoms with Crippen molar-refractivity contribution in [2.75, 3.05) is 24.2 Å². The molecule has 7 nitrogen and oxygen atoms in total. The molecule has 2 aromatic rings. The molecule has 0 unspecified atom stereocenters. The number of fused-ring (bicyclic) bond motifs is 1. The number of para-hydroxylation sites is 1. The molecule has 1 atom stereocenters. The minimum absolute atomic E-state index is 0.0684. The molecule has 0 fully saturated rings. The highest BCUT2D eigenvalue weighted by atomic mass is 32.3. The van der Waals surface area contributed by atoms with Crippen LogP contribution in [-0.2, 0) is 4.79 Å². The minimum Gasteiger partial charge on any atom is -0.478 e. The Bertz CT molecular complexity index is 984. The lowest BCUT2D eigenvalue weighted by Gasteiger charge is -2.43. The number of nitrogens with zero attached hydrogens (tertiary/aromatic N) is 2. The number of aliphatic carboxylic acids is 1. The highest BCUT2D eigenvalue weighted by Gasteiger charge is 2.37. The number of unbranched alkanes of at least 4 members (excludes halogenated alkanes) is 1. The molecule has 0 radical (unpaired) electrons. The number of hydrogen-bond acceptors (Lipinski definition) is 7. The fraction of sp³-hybridized carbons (Fsp3) is 0.375. The lowest BCUT2D eigenvalue weighted by Crippen LogP contribution is -2.39. The van der Waals surface area contributed by atoms with Gasteiger partial charge in [0.2, 0.25) is 0 Å². The van der Waals surface area contributed by atoms with Crippen molar-refractivity contribution in [2.45, 2.75) is 48.9 Å².